The van der Waals surface area contributed by atoms with Crippen LogP contribution < -0.4 is 16.4 Å². The van der Waals surface area contributed by atoms with Crippen LogP contribution in [0, 0.1) is 0 Å². The summed E-state index contributed by atoms with van der Waals surface area (Å²) in [5, 5.41) is 9.99. The van der Waals surface area contributed by atoms with Gasteiger partial charge in [0.15, 0.2) is 5.82 Å². The number of aromatic amines is 1. The van der Waals surface area contributed by atoms with Crippen molar-refractivity contribution in [3.63, 3.8) is 0 Å². The van der Waals surface area contributed by atoms with Gasteiger partial charge in [-0.05, 0) is 26.0 Å². The monoisotopic (exact) mass is 399 g/mol. The van der Waals surface area contributed by atoms with Gasteiger partial charge in [-0.15, -0.1) is 0 Å². The normalized spacial score (nSPS) is 12.3. The van der Waals surface area contributed by atoms with Gasteiger partial charge in [-0.1, -0.05) is 38.1 Å². The minimum atomic E-state index is -0.855. The third-order valence-corrected chi connectivity index (χ3v) is 4.52. The van der Waals surface area contributed by atoms with Crippen molar-refractivity contribution in [1.82, 2.24) is 25.2 Å². The van der Waals surface area contributed by atoms with Gasteiger partial charge in [0.25, 0.3) is 11.1 Å². The van der Waals surface area contributed by atoms with Crippen molar-refractivity contribution in [3.8, 4) is 0 Å². The molecule has 29 heavy (non-hydrogen) atoms. The molecular formula is C20H25N5O4. The smallest absolute Gasteiger partial charge is 0.273 e. The lowest BCUT2D eigenvalue weighted by Crippen LogP contribution is -2.42. The molecule has 0 aliphatic rings. The molecule has 3 aromatic rings. The van der Waals surface area contributed by atoms with Gasteiger partial charge < -0.3 is 9.84 Å². The summed E-state index contributed by atoms with van der Waals surface area (Å²) in [5.41, 5.74) is -1.87. The second kappa shape index (κ2) is 7.31. The Morgan fingerprint density at radius 2 is 1.79 bits per heavy atom. The van der Waals surface area contributed by atoms with E-state index in [-0.39, 0.29) is 35.4 Å². The molecule has 9 heteroatoms. The van der Waals surface area contributed by atoms with E-state index in [1.54, 1.807) is 38.1 Å². The number of rotatable bonds is 5. The number of H-pyrrole nitrogens is 1. The molecule has 3 rings (SSSR count). The third kappa shape index (κ3) is 4.28. The molecule has 2 heterocycles. The summed E-state index contributed by atoms with van der Waals surface area (Å²) < 4.78 is 6.45. The zero-order chi connectivity index (χ0) is 21.4. The molecule has 0 bridgehead atoms. The summed E-state index contributed by atoms with van der Waals surface area (Å²) in [4.78, 5) is 41.5. The highest BCUT2D eigenvalue weighted by Gasteiger charge is 2.31. The molecule has 0 atom stereocenters. The van der Waals surface area contributed by atoms with E-state index in [9.17, 15) is 14.4 Å². The van der Waals surface area contributed by atoms with Crippen molar-refractivity contribution >= 4 is 16.7 Å². The zero-order valence-corrected chi connectivity index (χ0v) is 17.2. The lowest BCUT2D eigenvalue weighted by molar-refractivity contribution is -0.123. The van der Waals surface area contributed by atoms with E-state index in [1.165, 1.54) is 0 Å². The van der Waals surface area contributed by atoms with Crippen molar-refractivity contribution in [2.24, 2.45) is 0 Å². The van der Waals surface area contributed by atoms with Crippen LogP contribution in [0.1, 0.15) is 52.8 Å². The van der Waals surface area contributed by atoms with Crippen molar-refractivity contribution in [2.75, 3.05) is 0 Å². The highest BCUT2D eigenvalue weighted by molar-refractivity contribution is 5.80. The van der Waals surface area contributed by atoms with Crippen LogP contribution in [0.2, 0.25) is 0 Å². The minimum absolute atomic E-state index is 0.00158. The molecule has 0 aliphatic carbocycles. The van der Waals surface area contributed by atoms with E-state index in [0.717, 1.165) is 4.68 Å². The Kier molecular flexibility index (Phi) is 5.16. The summed E-state index contributed by atoms with van der Waals surface area (Å²) in [6.45, 7) is 9.45. The predicted molar refractivity (Wildman–Crippen MR) is 108 cm³/mol. The van der Waals surface area contributed by atoms with Crippen LogP contribution in [0.25, 0.3) is 10.8 Å². The summed E-state index contributed by atoms with van der Waals surface area (Å²) in [7, 11) is 0. The fourth-order valence-corrected chi connectivity index (χ4v) is 2.87. The van der Waals surface area contributed by atoms with Gasteiger partial charge in [0.1, 0.15) is 0 Å². The molecule has 0 fully saturated rings. The van der Waals surface area contributed by atoms with Crippen molar-refractivity contribution in [1.29, 1.82) is 0 Å². The van der Waals surface area contributed by atoms with Crippen molar-refractivity contribution in [2.45, 2.75) is 58.5 Å². The molecular weight excluding hydrogens is 374 g/mol. The second-order valence-corrected chi connectivity index (χ2v) is 8.54. The quantitative estimate of drug-likeness (QED) is 0.674. The zero-order valence-electron chi connectivity index (χ0n) is 17.2. The fraction of sp³-hybridized carbons (Fsp3) is 0.450. The van der Waals surface area contributed by atoms with Crippen LogP contribution in [0.15, 0.2) is 38.4 Å². The van der Waals surface area contributed by atoms with Crippen LogP contribution >= 0.6 is 0 Å². The average molecular weight is 399 g/mol. The summed E-state index contributed by atoms with van der Waals surface area (Å²) in [5.74, 6) is 0.542. The maximum absolute atomic E-state index is 12.5. The van der Waals surface area contributed by atoms with Crippen LogP contribution in [0.4, 0.5) is 0 Å². The van der Waals surface area contributed by atoms with Crippen LogP contribution in [0.3, 0.4) is 0 Å². The van der Waals surface area contributed by atoms with Gasteiger partial charge in [-0.3, -0.25) is 19.5 Å². The Balaban J connectivity index is 1.72. The Bertz CT molecular complexity index is 1160. The number of aryl methyl sites for hydroxylation is 1. The minimum Gasteiger partial charge on any atom is -0.344 e. The van der Waals surface area contributed by atoms with E-state index in [1.807, 2.05) is 20.8 Å². The topological polar surface area (TPSA) is 123 Å². The SMILES string of the molecule is CC(C)(C)c1nc(C(C)(C)NC(=O)CCn2[nH]c(=O)c3ccccc3c2=O)no1. The van der Waals surface area contributed by atoms with E-state index in [2.05, 4.69) is 20.6 Å². The number of amides is 1. The van der Waals surface area contributed by atoms with Crippen LogP contribution in [0.5, 0.6) is 0 Å². The van der Waals surface area contributed by atoms with E-state index in [4.69, 9.17) is 4.52 Å². The van der Waals surface area contributed by atoms with Crippen LogP contribution in [-0.2, 0) is 22.3 Å². The van der Waals surface area contributed by atoms with Gasteiger partial charge in [0.05, 0.1) is 22.9 Å². The third-order valence-electron chi connectivity index (χ3n) is 4.52. The molecule has 2 N–H and O–H groups in total. The molecule has 0 spiro atoms. The van der Waals surface area contributed by atoms with Gasteiger partial charge in [0, 0.05) is 11.8 Å². The van der Waals surface area contributed by atoms with Gasteiger partial charge >= 0.3 is 0 Å². The van der Waals surface area contributed by atoms with Gasteiger partial charge in [0.2, 0.25) is 11.8 Å². The highest BCUT2D eigenvalue weighted by atomic mass is 16.5. The molecule has 1 amide bonds. The van der Waals surface area contributed by atoms with Crippen LogP contribution in [-0.4, -0.2) is 25.8 Å². The number of hydrogen-bond acceptors (Lipinski definition) is 6. The predicted octanol–water partition coefficient (Wildman–Crippen LogP) is 1.81. The number of nitrogens with zero attached hydrogens (tertiary/aromatic N) is 3. The Morgan fingerprint density at radius 1 is 1.14 bits per heavy atom. The number of fused-ring (bicyclic) bond motifs is 1. The first-order chi connectivity index (χ1) is 13.5. The van der Waals surface area contributed by atoms with E-state index in [0.29, 0.717) is 22.5 Å². The number of hydrogen-bond donors (Lipinski definition) is 2. The van der Waals surface area contributed by atoms with Crippen molar-refractivity contribution < 1.29 is 9.32 Å². The molecule has 9 nitrogen and oxygen atoms in total. The maximum Gasteiger partial charge on any atom is 0.273 e. The van der Waals surface area contributed by atoms with Gasteiger partial charge in [-0.25, -0.2) is 4.68 Å². The van der Waals surface area contributed by atoms with Crippen molar-refractivity contribution in [3.05, 3.63) is 56.7 Å². The molecule has 154 valence electrons. The first-order valence-electron chi connectivity index (χ1n) is 9.36. The summed E-state index contributed by atoms with van der Waals surface area (Å²) >= 11 is 0. The molecule has 0 saturated heterocycles. The Hall–Kier alpha value is -3.23. The highest BCUT2D eigenvalue weighted by Crippen LogP contribution is 2.24. The Morgan fingerprint density at radius 3 is 2.41 bits per heavy atom. The number of aromatic nitrogens is 4. The molecule has 0 unspecified atom stereocenters. The lowest BCUT2D eigenvalue weighted by atomic mass is 9.97. The Labute approximate surface area is 167 Å². The molecule has 0 saturated carbocycles. The number of carbonyl (C=O) groups is 1. The van der Waals surface area contributed by atoms with E-state index < -0.39 is 5.54 Å². The maximum atomic E-state index is 12.5. The summed E-state index contributed by atoms with van der Waals surface area (Å²) in [6.07, 6.45) is 0.00158. The number of carbonyl (C=O) groups excluding carboxylic acids is 1. The first kappa shape index (κ1) is 20.5. The largest absolute Gasteiger partial charge is 0.344 e. The second-order valence-electron chi connectivity index (χ2n) is 8.54. The molecule has 0 radical (unpaired) electrons. The van der Waals surface area contributed by atoms with Gasteiger partial charge in [-0.2, -0.15) is 4.98 Å². The van der Waals surface area contributed by atoms with E-state index >= 15 is 0 Å². The molecule has 0 aliphatic heterocycles. The lowest BCUT2D eigenvalue weighted by Gasteiger charge is -2.22. The number of nitrogens with one attached hydrogen (secondary N) is 2. The number of benzene rings is 1. The summed E-state index contributed by atoms with van der Waals surface area (Å²) in [6, 6.07) is 6.57. The standard InChI is InChI=1S/C20H25N5O4/c1-19(2,3)18-21-17(24-29-18)20(4,5)22-14(26)10-11-25-16(28)13-9-7-6-8-12(13)15(27)23-25/h6-9H,10-11H2,1-5H3,(H,22,26)(H,23,27). The fourth-order valence-electron chi connectivity index (χ4n) is 2.87. The first-order valence-corrected chi connectivity index (χ1v) is 9.36. The molecule has 2 aromatic heterocycles. The molecule has 1 aromatic carbocycles. The average Bonchev–Trinajstić information content (AvgIpc) is 3.15.